The van der Waals surface area contributed by atoms with Crippen molar-refractivity contribution in [2.75, 3.05) is 39.3 Å². The summed E-state index contributed by atoms with van der Waals surface area (Å²) in [4.78, 5) is 7.08. The Kier molecular flexibility index (Phi) is 13.1. The summed E-state index contributed by atoms with van der Waals surface area (Å²) in [5.74, 6) is 0.971. The van der Waals surface area contributed by atoms with Crippen LogP contribution in [0.2, 0.25) is 0 Å². The lowest BCUT2D eigenvalue weighted by Gasteiger charge is -2.17. The molecular formula is C15H34N4. The van der Waals surface area contributed by atoms with E-state index in [4.69, 9.17) is 0 Å². The maximum absolute atomic E-state index is 4.61. The molecule has 0 rings (SSSR count). The summed E-state index contributed by atoms with van der Waals surface area (Å²) < 4.78 is 0. The zero-order valence-electron chi connectivity index (χ0n) is 13.5. The first-order valence-electron chi connectivity index (χ1n) is 8.02. The molecule has 4 heteroatoms. The number of unbranched alkanes of at least 4 members (excludes halogenated alkanes) is 2. The molecule has 0 aliphatic heterocycles. The van der Waals surface area contributed by atoms with E-state index in [1.165, 1.54) is 32.2 Å². The van der Waals surface area contributed by atoms with Crippen LogP contribution < -0.4 is 10.6 Å². The number of aliphatic imine (C=N–C) groups is 1. The van der Waals surface area contributed by atoms with E-state index in [1.54, 1.807) is 0 Å². The van der Waals surface area contributed by atoms with Crippen LogP contribution in [0.3, 0.4) is 0 Å². The van der Waals surface area contributed by atoms with Gasteiger partial charge in [-0.1, -0.05) is 27.2 Å². The Morgan fingerprint density at radius 1 is 0.947 bits per heavy atom. The van der Waals surface area contributed by atoms with Crippen molar-refractivity contribution in [3.63, 3.8) is 0 Å². The fourth-order valence-corrected chi connectivity index (χ4v) is 1.90. The Hall–Kier alpha value is -0.770. The van der Waals surface area contributed by atoms with E-state index in [0.29, 0.717) is 0 Å². The number of hydrogen-bond donors (Lipinski definition) is 2. The third-order valence-corrected chi connectivity index (χ3v) is 3.21. The largest absolute Gasteiger partial charge is 0.357 e. The lowest BCUT2D eigenvalue weighted by atomic mass is 10.3. The Labute approximate surface area is 120 Å². The number of hydrogen-bond acceptors (Lipinski definition) is 2. The van der Waals surface area contributed by atoms with Gasteiger partial charge in [0.05, 0.1) is 0 Å². The van der Waals surface area contributed by atoms with Gasteiger partial charge in [-0.3, -0.25) is 4.99 Å². The number of nitrogens with one attached hydrogen (secondary N) is 2. The van der Waals surface area contributed by atoms with Crippen molar-refractivity contribution in [3.05, 3.63) is 0 Å². The Balaban J connectivity index is 3.77. The molecule has 0 heterocycles. The van der Waals surface area contributed by atoms with Gasteiger partial charge in [0.15, 0.2) is 5.96 Å². The Morgan fingerprint density at radius 3 is 2.26 bits per heavy atom. The molecule has 0 fully saturated rings. The van der Waals surface area contributed by atoms with Gasteiger partial charge in [-0.05, 0) is 45.8 Å². The van der Waals surface area contributed by atoms with Crippen LogP contribution in [-0.4, -0.2) is 50.1 Å². The normalized spacial score (nSPS) is 11.9. The molecule has 0 aromatic heterocycles. The van der Waals surface area contributed by atoms with Crippen molar-refractivity contribution >= 4 is 5.96 Å². The Bertz CT molecular complexity index is 212. The second-order valence-corrected chi connectivity index (χ2v) is 4.77. The first kappa shape index (κ1) is 18.2. The molecule has 0 aliphatic rings. The molecule has 114 valence electrons. The second kappa shape index (κ2) is 13.7. The molecule has 0 spiro atoms. The summed E-state index contributed by atoms with van der Waals surface area (Å²) in [6, 6.07) is 0. The highest BCUT2D eigenvalue weighted by atomic mass is 15.2. The molecule has 0 radical (unpaired) electrons. The third-order valence-electron chi connectivity index (χ3n) is 3.21. The minimum Gasteiger partial charge on any atom is -0.357 e. The summed E-state index contributed by atoms with van der Waals surface area (Å²) in [7, 11) is 0. The van der Waals surface area contributed by atoms with Gasteiger partial charge in [-0.15, -0.1) is 0 Å². The zero-order chi connectivity index (χ0) is 14.3. The summed E-state index contributed by atoms with van der Waals surface area (Å²) in [5.41, 5.74) is 0. The van der Waals surface area contributed by atoms with E-state index in [0.717, 1.165) is 38.7 Å². The predicted octanol–water partition coefficient (Wildman–Crippen LogP) is 2.46. The van der Waals surface area contributed by atoms with Crippen LogP contribution in [0.5, 0.6) is 0 Å². The predicted molar refractivity (Wildman–Crippen MR) is 85.9 cm³/mol. The van der Waals surface area contributed by atoms with Crippen LogP contribution in [0.15, 0.2) is 4.99 Å². The van der Waals surface area contributed by atoms with Crippen molar-refractivity contribution in [2.24, 2.45) is 4.99 Å². The summed E-state index contributed by atoms with van der Waals surface area (Å²) >= 11 is 0. The van der Waals surface area contributed by atoms with E-state index >= 15 is 0 Å². The van der Waals surface area contributed by atoms with E-state index in [9.17, 15) is 0 Å². The standard InChI is InChI=1S/C15H34N4/c1-5-9-12-17-15(16-6-2)18-13-10-11-14-19(7-3)8-4/h5-14H2,1-4H3,(H2,16,17,18). The number of guanidine groups is 1. The average molecular weight is 270 g/mol. The number of rotatable bonds is 11. The highest BCUT2D eigenvalue weighted by molar-refractivity contribution is 5.79. The van der Waals surface area contributed by atoms with Crippen molar-refractivity contribution in [1.29, 1.82) is 0 Å². The molecule has 0 amide bonds. The molecule has 0 saturated carbocycles. The molecule has 0 bridgehead atoms. The highest BCUT2D eigenvalue weighted by Gasteiger charge is 1.98. The monoisotopic (exact) mass is 270 g/mol. The first-order valence-corrected chi connectivity index (χ1v) is 8.02. The van der Waals surface area contributed by atoms with E-state index in [1.807, 2.05) is 0 Å². The molecule has 0 unspecified atom stereocenters. The Morgan fingerprint density at radius 2 is 1.68 bits per heavy atom. The van der Waals surface area contributed by atoms with Crippen molar-refractivity contribution < 1.29 is 0 Å². The van der Waals surface area contributed by atoms with Gasteiger partial charge in [0.25, 0.3) is 0 Å². The quantitative estimate of drug-likeness (QED) is 0.344. The molecule has 0 aromatic rings. The van der Waals surface area contributed by atoms with E-state index < -0.39 is 0 Å². The van der Waals surface area contributed by atoms with Crippen molar-refractivity contribution in [2.45, 2.75) is 53.4 Å². The minimum atomic E-state index is 0.919. The van der Waals surface area contributed by atoms with Gasteiger partial charge in [-0.2, -0.15) is 0 Å². The van der Waals surface area contributed by atoms with Gasteiger partial charge in [-0.25, -0.2) is 0 Å². The maximum Gasteiger partial charge on any atom is 0.191 e. The fourth-order valence-electron chi connectivity index (χ4n) is 1.90. The summed E-state index contributed by atoms with van der Waals surface area (Å²) in [5, 5.41) is 6.66. The minimum absolute atomic E-state index is 0.919. The molecular weight excluding hydrogens is 236 g/mol. The van der Waals surface area contributed by atoms with Crippen LogP contribution >= 0.6 is 0 Å². The lowest BCUT2D eigenvalue weighted by molar-refractivity contribution is 0.297. The van der Waals surface area contributed by atoms with E-state index in [2.05, 4.69) is 48.2 Å². The molecule has 0 aromatic carbocycles. The first-order chi connectivity index (χ1) is 9.28. The summed E-state index contributed by atoms with van der Waals surface area (Å²) in [6.07, 6.45) is 4.82. The molecule has 2 N–H and O–H groups in total. The van der Waals surface area contributed by atoms with Gasteiger partial charge in [0, 0.05) is 19.6 Å². The smallest absolute Gasteiger partial charge is 0.191 e. The van der Waals surface area contributed by atoms with Gasteiger partial charge in [0.2, 0.25) is 0 Å². The van der Waals surface area contributed by atoms with Gasteiger partial charge in [0.1, 0.15) is 0 Å². The third kappa shape index (κ3) is 10.8. The summed E-state index contributed by atoms with van der Waals surface area (Å²) in [6.45, 7) is 15.1. The molecule has 4 nitrogen and oxygen atoms in total. The maximum atomic E-state index is 4.61. The average Bonchev–Trinajstić information content (AvgIpc) is 2.43. The van der Waals surface area contributed by atoms with Crippen molar-refractivity contribution in [3.8, 4) is 0 Å². The SMILES string of the molecule is CCCCNC(=NCCCCN(CC)CC)NCC. The highest BCUT2D eigenvalue weighted by Crippen LogP contribution is 1.95. The van der Waals surface area contributed by atoms with Crippen LogP contribution in [0.1, 0.15) is 53.4 Å². The fraction of sp³-hybridized carbons (Fsp3) is 0.933. The van der Waals surface area contributed by atoms with Crippen LogP contribution in [0.4, 0.5) is 0 Å². The number of nitrogens with zero attached hydrogens (tertiary/aromatic N) is 2. The molecule has 0 atom stereocenters. The van der Waals surface area contributed by atoms with Crippen LogP contribution in [-0.2, 0) is 0 Å². The van der Waals surface area contributed by atoms with Gasteiger partial charge >= 0.3 is 0 Å². The zero-order valence-corrected chi connectivity index (χ0v) is 13.5. The van der Waals surface area contributed by atoms with Crippen LogP contribution in [0, 0.1) is 0 Å². The van der Waals surface area contributed by atoms with Crippen molar-refractivity contribution in [1.82, 2.24) is 15.5 Å². The van der Waals surface area contributed by atoms with Gasteiger partial charge < -0.3 is 15.5 Å². The molecule has 0 aliphatic carbocycles. The molecule has 0 saturated heterocycles. The van der Waals surface area contributed by atoms with Crippen LogP contribution in [0.25, 0.3) is 0 Å². The second-order valence-electron chi connectivity index (χ2n) is 4.77. The topological polar surface area (TPSA) is 39.7 Å². The van der Waals surface area contributed by atoms with E-state index in [-0.39, 0.29) is 0 Å². The lowest BCUT2D eigenvalue weighted by Crippen LogP contribution is -2.37. The molecule has 19 heavy (non-hydrogen) atoms.